The predicted octanol–water partition coefficient (Wildman–Crippen LogP) is 9.51. The van der Waals surface area contributed by atoms with Crippen LogP contribution in [0.2, 0.25) is 8.67 Å². The number of oxazole rings is 1. The van der Waals surface area contributed by atoms with Crippen LogP contribution in [0, 0.1) is 6.92 Å². The van der Waals surface area contributed by atoms with E-state index in [2.05, 4.69) is 29.6 Å². The molecule has 244 valence electrons. The molecule has 2 aromatic heterocycles. The number of esters is 1. The second-order valence-electron chi connectivity index (χ2n) is 12.0. The van der Waals surface area contributed by atoms with Crippen molar-refractivity contribution in [1.29, 1.82) is 0 Å². The highest BCUT2D eigenvalue weighted by atomic mass is 35.5. The summed E-state index contributed by atoms with van der Waals surface area (Å²) in [5.41, 5.74) is 5.46. The van der Waals surface area contributed by atoms with E-state index in [0.717, 1.165) is 50.6 Å². The molecule has 0 radical (unpaired) electrons. The van der Waals surface area contributed by atoms with Gasteiger partial charge in [-0.15, -0.1) is 11.3 Å². The van der Waals surface area contributed by atoms with Crippen molar-refractivity contribution in [2.75, 3.05) is 6.61 Å². The molecule has 0 aliphatic carbocycles. The molecule has 10 heteroatoms. The van der Waals surface area contributed by atoms with Crippen LogP contribution >= 0.6 is 34.5 Å². The summed E-state index contributed by atoms with van der Waals surface area (Å²) in [6.07, 6.45) is 1.19. The predicted molar refractivity (Wildman–Crippen MR) is 187 cm³/mol. The fourth-order valence-corrected chi connectivity index (χ4v) is 6.44. The molecule has 2 heterocycles. The fraction of sp³-hybridized carbons (Fsp3) is 0.270. The van der Waals surface area contributed by atoms with Crippen molar-refractivity contribution in [3.8, 4) is 28.3 Å². The third-order valence-corrected chi connectivity index (χ3v) is 8.76. The molecule has 3 aromatic carbocycles. The van der Waals surface area contributed by atoms with E-state index in [1.165, 1.54) is 0 Å². The lowest BCUT2D eigenvalue weighted by Gasteiger charge is -2.20. The number of hydrogen-bond donors (Lipinski definition) is 1. The Labute approximate surface area is 288 Å². The van der Waals surface area contributed by atoms with Crippen LogP contribution in [-0.4, -0.2) is 29.1 Å². The molecule has 0 fully saturated rings. The molecule has 1 amide bonds. The topological polar surface area (TPSA) is 90.7 Å². The van der Waals surface area contributed by atoms with Gasteiger partial charge in [0, 0.05) is 24.9 Å². The zero-order valence-corrected chi connectivity index (χ0v) is 29.0. The van der Waals surface area contributed by atoms with Crippen molar-refractivity contribution < 1.29 is 23.5 Å². The average Bonchev–Trinajstić information content (AvgIpc) is 3.58. The Balaban J connectivity index is 1.24. The van der Waals surface area contributed by atoms with E-state index in [1.54, 1.807) is 6.07 Å². The molecule has 0 aliphatic heterocycles. The number of halogens is 2. The summed E-state index contributed by atoms with van der Waals surface area (Å²) in [4.78, 5) is 30.0. The summed E-state index contributed by atoms with van der Waals surface area (Å²) in [6.45, 7) is 7.99. The summed E-state index contributed by atoms with van der Waals surface area (Å²) in [7, 11) is 0. The second-order valence-corrected chi connectivity index (χ2v) is 14.3. The van der Waals surface area contributed by atoms with E-state index in [0.29, 0.717) is 45.3 Å². The van der Waals surface area contributed by atoms with Crippen molar-refractivity contribution in [1.82, 2.24) is 10.3 Å². The third-order valence-electron chi connectivity index (χ3n) is 7.28. The van der Waals surface area contributed by atoms with Crippen LogP contribution < -0.4 is 10.1 Å². The van der Waals surface area contributed by atoms with E-state index >= 15 is 0 Å². The molecule has 5 rings (SSSR count). The van der Waals surface area contributed by atoms with Gasteiger partial charge in [-0.05, 0) is 86.7 Å². The molecule has 5 aromatic rings. The SMILES string of the molecule is Cc1oc(-c2ccc(-c3ccccc3)cc2)nc1CCOc1ccc(CCC(=O)OC(C)(C)C)c(CNC(=O)c2cc(Cl)sc2Cl)c1. The summed E-state index contributed by atoms with van der Waals surface area (Å²) >= 11 is 13.4. The van der Waals surface area contributed by atoms with Crippen LogP contribution in [0.25, 0.3) is 22.6 Å². The molecule has 0 atom stereocenters. The van der Waals surface area contributed by atoms with Gasteiger partial charge in [0.15, 0.2) is 0 Å². The number of nitrogens with zero attached hydrogens (tertiary/aromatic N) is 1. The minimum absolute atomic E-state index is 0.202. The minimum Gasteiger partial charge on any atom is -0.493 e. The van der Waals surface area contributed by atoms with E-state index in [1.807, 2.05) is 76.2 Å². The van der Waals surface area contributed by atoms with Gasteiger partial charge in [0.25, 0.3) is 5.91 Å². The molecule has 1 N–H and O–H groups in total. The van der Waals surface area contributed by atoms with E-state index in [9.17, 15) is 9.59 Å². The maximum atomic E-state index is 12.8. The Kier molecular flexibility index (Phi) is 11.1. The van der Waals surface area contributed by atoms with Crippen molar-refractivity contribution >= 4 is 46.4 Å². The second kappa shape index (κ2) is 15.2. The highest BCUT2D eigenvalue weighted by Gasteiger charge is 2.19. The largest absolute Gasteiger partial charge is 0.493 e. The number of rotatable bonds is 12. The smallest absolute Gasteiger partial charge is 0.306 e. The average molecular weight is 692 g/mol. The zero-order valence-electron chi connectivity index (χ0n) is 26.7. The molecular formula is C37H36Cl2N2O5S. The quantitative estimate of drug-likeness (QED) is 0.131. The van der Waals surface area contributed by atoms with Gasteiger partial charge < -0.3 is 19.2 Å². The molecule has 0 unspecified atom stereocenters. The van der Waals surface area contributed by atoms with Crippen LogP contribution in [-0.2, 0) is 28.9 Å². The summed E-state index contributed by atoms with van der Waals surface area (Å²) in [5, 5.41) is 2.91. The standard InChI is InChI=1S/C37H36Cl2N2O5S/c1-23-31(41-36(45-23)27-12-10-25(11-13-27)24-8-6-5-7-9-24)18-19-44-29-16-14-26(15-17-33(42)46-37(2,3)4)28(20-29)22-40-35(43)30-21-32(38)47-34(30)39/h5-14,16,20-21H,15,17-19,22H2,1-4H3,(H,40,43). The molecule has 0 bridgehead atoms. The number of ether oxygens (including phenoxy) is 2. The number of thiophene rings is 1. The number of benzene rings is 3. The van der Waals surface area contributed by atoms with E-state index < -0.39 is 5.60 Å². The highest BCUT2D eigenvalue weighted by molar-refractivity contribution is 7.20. The first kappa shape index (κ1) is 34.2. The van der Waals surface area contributed by atoms with Crippen LogP contribution in [0.1, 0.15) is 60.1 Å². The van der Waals surface area contributed by atoms with Crippen molar-refractivity contribution in [3.63, 3.8) is 0 Å². The van der Waals surface area contributed by atoms with Gasteiger partial charge >= 0.3 is 5.97 Å². The maximum absolute atomic E-state index is 12.8. The van der Waals surface area contributed by atoms with E-state index in [-0.39, 0.29) is 24.8 Å². The van der Waals surface area contributed by atoms with Crippen LogP contribution in [0.3, 0.4) is 0 Å². The number of carbonyl (C=O) groups excluding carboxylic acids is 2. The normalized spacial score (nSPS) is 11.4. The van der Waals surface area contributed by atoms with Gasteiger partial charge in [0.1, 0.15) is 21.4 Å². The summed E-state index contributed by atoms with van der Waals surface area (Å²) in [6, 6.07) is 25.6. The maximum Gasteiger partial charge on any atom is 0.306 e. The first-order chi connectivity index (χ1) is 22.4. The molecular weight excluding hydrogens is 655 g/mol. The molecule has 0 saturated heterocycles. The number of carbonyl (C=O) groups is 2. The summed E-state index contributed by atoms with van der Waals surface area (Å²) in [5.74, 6) is 1.31. The molecule has 47 heavy (non-hydrogen) atoms. The van der Waals surface area contributed by atoms with Gasteiger partial charge in [-0.1, -0.05) is 71.7 Å². The summed E-state index contributed by atoms with van der Waals surface area (Å²) < 4.78 is 18.4. The monoisotopic (exact) mass is 690 g/mol. The van der Waals surface area contributed by atoms with Gasteiger partial charge in [0.2, 0.25) is 5.89 Å². The molecule has 0 saturated carbocycles. The lowest BCUT2D eigenvalue weighted by molar-refractivity contribution is -0.154. The molecule has 0 aliphatic rings. The number of amides is 1. The lowest BCUT2D eigenvalue weighted by Crippen LogP contribution is -2.25. The zero-order chi connectivity index (χ0) is 33.6. The van der Waals surface area contributed by atoms with Gasteiger partial charge in [-0.3, -0.25) is 9.59 Å². The Morgan fingerprint density at radius 2 is 1.60 bits per heavy atom. The van der Waals surface area contributed by atoms with Crippen molar-refractivity contribution in [3.05, 3.63) is 116 Å². The Hall–Kier alpha value is -4.11. The third kappa shape index (κ3) is 9.47. The molecule has 0 spiro atoms. The van der Waals surface area contributed by atoms with Crippen LogP contribution in [0.4, 0.5) is 0 Å². The van der Waals surface area contributed by atoms with Gasteiger partial charge in [-0.25, -0.2) is 4.98 Å². The Morgan fingerprint density at radius 1 is 0.894 bits per heavy atom. The fourth-order valence-electron chi connectivity index (χ4n) is 4.98. The lowest BCUT2D eigenvalue weighted by atomic mass is 10.0. The molecule has 7 nitrogen and oxygen atoms in total. The number of hydrogen-bond acceptors (Lipinski definition) is 7. The van der Waals surface area contributed by atoms with Crippen LogP contribution in [0.15, 0.2) is 83.3 Å². The first-order valence-electron chi connectivity index (χ1n) is 15.3. The van der Waals surface area contributed by atoms with Crippen molar-refractivity contribution in [2.24, 2.45) is 0 Å². The van der Waals surface area contributed by atoms with Gasteiger partial charge in [0.05, 0.1) is 22.2 Å². The Bertz CT molecular complexity index is 1840. The van der Waals surface area contributed by atoms with Crippen molar-refractivity contribution in [2.45, 2.75) is 59.1 Å². The minimum atomic E-state index is -0.567. The highest BCUT2D eigenvalue weighted by Crippen LogP contribution is 2.31. The van der Waals surface area contributed by atoms with Gasteiger partial charge in [-0.2, -0.15) is 0 Å². The van der Waals surface area contributed by atoms with E-state index in [4.69, 9.17) is 42.1 Å². The Morgan fingerprint density at radius 3 is 2.28 bits per heavy atom. The first-order valence-corrected chi connectivity index (χ1v) is 16.8. The van der Waals surface area contributed by atoms with Crippen LogP contribution in [0.5, 0.6) is 5.75 Å². The number of aromatic nitrogens is 1. The number of aryl methyl sites for hydroxylation is 2. The number of nitrogens with one attached hydrogen (secondary N) is 1.